The molecule has 2 aromatic heterocycles. The largest absolute Gasteiger partial charge is 0.497 e. The molecule has 0 radical (unpaired) electrons. The van der Waals surface area contributed by atoms with E-state index in [9.17, 15) is 4.79 Å². The molecule has 0 spiro atoms. The number of H-pyrrole nitrogens is 1. The van der Waals surface area contributed by atoms with Gasteiger partial charge in [0, 0.05) is 30.6 Å². The van der Waals surface area contributed by atoms with E-state index < -0.39 is 0 Å². The highest BCUT2D eigenvalue weighted by Gasteiger charge is 2.10. The van der Waals surface area contributed by atoms with Gasteiger partial charge >= 0.3 is 0 Å². The SMILES string of the molecule is COc1cccc(Oc2ncccc2CNC(=O)c2ccc[nH]2)c1. The Kier molecular flexibility index (Phi) is 4.76. The topological polar surface area (TPSA) is 76.2 Å². The van der Waals surface area contributed by atoms with E-state index in [0.29, 0.717) is 29.6 Å². The first-order valence-corrected chi connectivity index (χ1v) is 7.43. The van der Waals surface area contributed by atoms with Gasteiger partial charge in [-0.15, -0.1) is 0 Å². The van der Waals surface area contributed by atoms with E-state index in [1.54, 1.807) is 43.8 Å². The third kappa shape index (κ3) is 3.73. The number of hydrogen-bond donors (Lipinski definition) is 2. The van der Waals surface area contributed by atoms with Crippen LogP contribution >= 0.6 is 0 Å². The second-order valence-electron chi connectivity index (χ2n) is 5.02. The lowest BCUT2D eigenvalue weighted by Gasteiger charge is -2.11. The van der Waals surface area contributed by atoms with Gasteiger partial charge in [0.05, 0.1) is 7.11 Å². The van der Waals surface area contributed by atoms with Crippen molar-refractivity contribution >= 4 is 5.91 Å². The van der Waals surface area contributed by atoms with Crippen molar-refractivity contribution in [2.45, 2.75) is 6.54 Å². The summed E-state index contributed by atoms with van der Waals surface area (Å²) < 4.78 is 11.0. The molecule has 0 atom stereocenters. The standard InChI is InChI=1S/C18H17N3O3/c1-23-14-6-2-7-15(11-14)24-18-13(5-3-10-20-18)12-21-17(22)16-8-4-9-19-16/h2-11,19H,12H2,1H3,(H,21,22). The van der Waals surface area contributed by atoms with Crippen LogP contribution in [0.5, 0.6) is 17.4 Å². The van der Waals surface area contributed by atoms with Gasteiger partial charge in [-0.2, -0.15) is 0 Å². The quantitative estimate of drug-likeness (QED) is 0.730. The van der Waals surface area contributed by atoms with Crippen molar-refractivity contribution in [3.05, 3.63) is 72.2 Å². The Morgan fingerprint density at radius 3 is 2.83 bits per heavy atom. The van der Waals surface area contributed by atoms with E-state index in [-0.39, 0.29) is 5.91 Å². The van der Waals surface area contributed by atoms with Crippen molar-refractivity contribution in [3.63, 3.8) is 0 Å². The van der Waals surface area contributed by atoms with E-state index in [2.05, 4.69) is 15.3 Å². The Morgan fingerprint density at radius 1 is 1.17 bits per heavy atom. The van der Waals surface area contributed by atoms with Crippen LogP contribution in [-0.2, 0) is 6.54 Å². The molecule has 2 heterocycles. The van der Waals surface area contributed by atoms with Gasteiger partial charge in [0.15, 0.2) is 0 Å². The van der Waals surface area contributed by atoms with Gasteiger partial charge < -0.3 is 19.8 Å². The smallest absolute Gasteiger partial charge is 0.267 e. The van der Waals surface area contributed by atoms with Crippen molar-refractivity contribution in [2.24, 2.45) is 0 Å². The molecule has 0 bridgehead atoms. The summed E-state index contributed by atoms with van der Waals surface area (Å²) in [6.07, 6.45) is 3.35. The number of carbonyl (C=O) groups excluding carboxylic acids is 1. The number of pyridine rings is 1. The monoisotopic (exact) mass is 323 g/mol. The van der Waals surface area contributed by atoms with Crippen LogP contribution in [0.25, 0.3) is 0 Å². The zero-order chi connectivity index (χ0) is 16.8. The van der Waals surface area contributed by atoms with Crippen LogP contribution in [0.4, 0.5) is 0 Å². The Morgan fingerprint density at radius 2 is 2.04 bits per heavy atom. The van der Waals surface area contributed by atoms with E-state index in [1.807, 2.05) is 24.3 Å². The first kappa shape index (κ1) is 15.6. The summed E-state index contributed by atoms with van der Waals surface area (Å²) in [5, 5.41) is 2.84. The van der Waals surface area contributed by atoms with Crippen LogP contribution in [0.1, 0.15) is 16.1 Å². The molecule has 3 aromatic rings. The molecule has 24 heavy (non-hydrogen) atoms. The normalized spacial score (nSPS) is 10.2. The maximum atomic E-state index is 12.0. The summed E-state index contributed by atoms with van der Waals surface area (Å²) in [5.74, 6) is 1.57. The van der Waals surface area contributed by atoms with Crippen molar-refractivity contribution in [2.75, 3.05) is 7.11 Å². The van der Waals surface area contributed by atoms with Gasteiger partial charge in [-0.1, -0.05) is 12.1 Å². The molecular formula is C18H17N3O3. The highest BCUT2D eigenvalue weighted by atomic mass is 16.5. The van der Waals surface area contributed by atoms with Crippen LogP contribution in [0.15, 0.2) is 60.9 Å². The summed E-state index contributed by atoms with van der Waals surface area (Å²) in [5.41, 5.74) is 1.29. The number of nitrogens with one attached hydrogen (secondary N) is 2. The Hall–Kier alpha value is -3.28. The first-order chi connectivity index (χ1) is 11.8. The lowest BCUT2D eigenvalue weighted by Crippen LogP contribution is -2.23. The number of hydrogen-bond acceptors (Lipinski definition) is 4. The highest BCUT2D eigenvalue weighted by molar-refractivity contribution is 5.92. The summed E-state index contributed by atoms with van der Waals surface area (Å²) in [6, 6.07) is 14.4. The lowest BCUT2D eigenvalue weighted by atomic mass is 10.2. The van der Waals surface area contributed by atoms with E-state index >= 15 is 0 Å². The maximum Gasteiger partial charge on any atom is 0.267 e. The van der Waals surface area contributed by atoms with Crippen LogP contribution in [0.3, 0.4) is 0 Å². The van der Waals surface area contributed by atoms with Gasteiger partial charge in [-0.3, -0.25) is 4.79 Å². The predicted octanol–water partition coefficient (Wildman–Crippen LogP) is 3.14. The molecule has 6 heteroatoms. The van der Waals surface area contributed by atoms with Gasteiger partial charge in [0.1, 0.15) is 17.2 Å². The molecule has 0 saturated carbocycles. The number of aromatic amines is 1. The molecular weight excluding hydrogens is 306 g/mol. The number of rotatable bonds is 6. The van der Waals surface area contributed by atoms with Crippen molar-refractivity contribution < 1.29 is 14.3 Å². The summed E-state index contributed by atoms with van der Waals surface area (Å²) in [7, 11) is 1.60. The van der Waals surface area contributed by atoms with Crippen LogP contribution in [0.2, 0.25) is 0 Å². The molecule has 122 valence electrons. The Balaban J connectivity index is 1.71. The first-order valence-electron chi connectivity index (χ1n) is 7.43. The lowest BCUT2D eigenvalue weighted by molar-refractivity contribution is 0.0946. The third-order valence-corrected chi connectivity index (χ3v) is 3.39. The van der Waals surface area contributed by atoms with Crippen molar-refractivity contribution in [1.82, 2.24) is 15.3 Å². The third-order valence-electron chi connectivity index (χ3n) is 3.39. The molecule has 1 amide bonds. The van der Waals surface area contributed by atoms with Crippen molar-refractivity contribution in [1.29, 1.82) is 0 Å². The van der Waals surface area contributed by atoms with E-state index in [0.717, 1.165) is 5.56 Å². The number of methoxy groups -OCH3 is 1. The minimum Gasteiger partial charge on any atom is -0.497 e. The maximum absolute atomic E-state index is 12.0. The molecule has 3 rings (SSSR count). The second kappa shape index (κ2) is 7.32. The van der Waals surface area contributed by atoms with E-state index in [1.165, 1.54) is 0 Å². The van der Waals surface area contributed by atoms with Crippen LogP contribution in [0, 0.1) is 0 Å². The Labute approximate surface area is 139 Å². The summed E-state index contributed by atoms with van der Waals surface area (Å²) >= 11 is 0. The van der Waals surface area contributed by atoms with Gasteiger partial charge in [-0.05, 0) is 30.3 Å². The predicted molar refractivity (Wildman–Crippen MR) is 89.3 cm³/mol. The second-order valence-corrected chi connectivity index (χ2v) is 5.02. The van der Waals surface area contributed by atoms with Gasteiger partial charge in [-0.25, -0.2) is 4.98 Å². The van der Waals surface area contributed by atoms with Crippen molar-refractivity contribution in [3.8, 4) is 17.4 Å². The molecule has 0 aliphatic rings. The molecule has 1 aromatic carbocycles. The number of ether oxygens (including phenoxy) is 2. The van der Waals surface area contributed by atoms with Crippen LogP contribution < -0.4 is 14.8 Å². The number of benzene rings is 1. The minimum absolute atomic E-state index is 0.184. The fourth-order valence-electron chi connectivity index (χ4n) is 2.17. The Bertz CT molecular complexity index is 816. The zero-order valence-corrected chi connectivity index (χ0v) is 13.2. The fraction of sp³-hybridized carbons (Fsp3) is 0.111. The number of aromatic nitrogens is 2. The minimum atomic E-state index is -0.184. The average molecular weight is 323 g/mol. The molecule has 0 aliphatic carbocycles. The van der Waals surface area contributed by atoms with E-state index in [4.69, 9.17) is 9.47 Å². The molecule has 0 fully saturated rings. The van der Waals surface area contributed by atoms with Gasteiger partial charge in [0.25, 0.3) is 5.91 Å². The van der Waals surface area contributed by atoms with Crippen LogP contribution in [-0.4, -0.2) is 23.0 Å². The average Bonchev–Trinajstić information content (AvgIpc) is 3.16. The number of amides is 1. The summed E-state index contributed by atoms with van der Waals surface area (Å²) in [6.45, 7) is 0.311. The fourth-order valence-corrected chi connectivity index (χ4v) is 2.17. The highest BCUT2D eigenvalue weighted by Crippen LogP contribution is 2.26. The molecule has 0 saturated heterocycles. The zero-order valence-electron chi connectivity index (χ0n) is 13.2. The molecule has 0 aliphatic heterocycles. The number of carbonyl (C=O) groups is 1. The summed E-state index contributed by atoms with van der Waals surface area (Å²) in [4.78, 5) is 19.1. The molecule has 0 unspecified atom stereocenters. The molecule has 6 nitrogen and oxygen atoms in total. The number of nitrogens with zero attached hydrogens (tertiary/aromatic N) is 1. The molecule has 2 N–H and O–H groups in total. The van der Waals surface area contributed by atoms with Gasteiger partial charge in [0.2, 0.25) is 5.88 Å².